The third kappa shape index (κ3) is 4.66. The van der Waals surface area contributed by atoms with E-state index in [0.717, 1.165) is 5.75 Å². The van der Waals surface area contributed by atoms with Crippen LogP contribution in [-0.2, 0) is 15.7 Å². The maximum Gasteiger partial charge on any atom is 0.325 e. The fraction of sp³-hybridized carbons (Fsp3) is 0.440. The summed E-state index contributed by atoms with van der Waals surface area (Å²) in [4.78, 5) is 26.9. The zero-order valence-electron chi connectivity index (χ0n) is 19.7. The second-order valence-electron chi connectivity index (χ2n) is 9.06. The van der Waals surface area contributed by atoms with Gasteiger partial charge in [-0.05, 0) is 54.2 Å². The number of carbonyl (C=O) groups excluding carboxylic acids is 2. The molecule has 1 heterocycles. The van der Waals surface area contributed by atoms with Crippen LogP contribution in [0.2, 0.25) is 0 Å². The predicted octanol–water partition coefficient (Wildman–Crippen LogP) is 4.24. The normalized spacial score (nSPS) is 18.5. The Labute approximate surface area is 189 Å². The number of imide groups is 1. The van der Waals surface area contributed by atoms with Crippen molar-refractivity contribution in [1.29, 1.82) is 0 Å². The van der Waals surface area contributed by atoms with Gasteiger partial charge in [0, 0.05) is 6.54 Å². The van der Waals surface area contributed by atoms with Crippen LogP contribution in [0, 0.1) is 0 Å². The average molecular weight is 441 g/mol. The van der Waals surface area contributed by atoms with E-state index in [4.69, 9.17) is 14.2 Å². The smallest absolute Gasteiger partial charge is 0.325 e. The Morgan fingerprint density at radius 3 is 2.22 bits per heavy atom. The summed E-state index contributed by atoms with van der Waals surface area (Å²) in [5.74, 6) is 1.52. The molecule has 3 amide bonds. The number of ether oxygens (including phenoxy) is 3. The molecule has 1 saturated heterocycles. The highest BCUT2D eigenvalue weighted by Gasteiger charge is 2.49. The average Bonchev–Trinajstić information content (AvgIpc) is 2.99. The van der Waals surface area contributed by atoms with Crippen LogP contribution in [0.1, 0.15) is 45.2 Å². The third-order valence-electron chi connectivity index (χ3n) is 5.75. The Balaban J connectivity index is 1.60. The van der Waals surface area contributed by atoms with Crippen LogP contribution in [0.3, 0.4) is 0 Å². The highest BCUT2D eigenvalue weighted by atomic mass is 16.5. The summed E-state index contributed by atoms with van der Waals surface area (Å²) in [5, 5.41) is 2.81. The molecule has 0 spiro atoms. The van der Waals surface area contributed by atoms with Gasteiger partial charge >= 0.3 is 6.03 Å². The van der Waals surface area contributed by atoms with Gasteiger partial charge in [0.25, 0.3) is 5.91 Å². The van der Waals surface area contributed by atoms with E-state index in [1.54, 1.807) is 32.2 Å². The number of methoxy groups -OCH3 is 2. The zero-order chi connectivity index (χ0) is 23.5. The summed E-state index contributed by atoms with van der Waals surface area (Å²) in [6, 6.07) is 12.8. The van der Waals surface area contributed by atoms with Crippen molar-refractivity contribution in [3.8, 4) is 17.2 Å². The van der Waals surface area contributed by atoms with Gasteiger partial charge in [-0.2, -0.15) is 0 Å². The Morgan fingerprint density at radius 2 is 1.62 bits per heavy atom. The van der Waals surface area contributed by atoms with E-state index in [2.05, 4.69) is 38.2 Å². The monoisotopic (exact) mass is 440 g/mol. The van der Waals surface area contributed by atoms with Crippen molar-refractivity contribution in [2.75, 3.05) is 27.4 Å². The predicted molar refractivity (Wildman–Crippen MR) is 122 cm³/mol. The molecular formula is C25H32N2O5. The molecule has 1 N–H and O–H groups in total. The van der Waals surface area contributed by atoms with Gasteiger partial charge in [0.2, 0.25) is 0 Å². The van der Waals surface area contributed by atoms with Gasteiger partial charge in [0.1, 0.15) is 11.3 Å². The minimum absolute atomic E-state index is 0.0859. The van der Waals surface area contributed by atoms with E-state index >= 15 is 0 Å². The summed E-state index contributed by atoms with van der Waals surface area (Å²) in [6.07, 6.45) is 0.530. The van der Waals surface area contributed by atoms with Crippen molar-refractivity contribution in [1.82, 2.24) is 10.2 Å². The zero-order valence-corrected chi connectivity index (χ0v) is 19.7. The van der Waals surface area contributed by atoms with Gasteiger partial charge in [0.15, 0.2) is 11.5 Å². The summed E-state index contributed by atoms with van der Waals surface area (Å²) in [7, 11) is 3.08. The van der Waals surface area contributed by atoms with Gasteiger partial charge in [-0.15, -0.1) is 0 Å². The molecule has 3 rings (SSSR count). The Hall–Kier alpha value is -3.22. The SMILES string of the molecule is COc1ccc(C2(C)NC(=O)N(CCCOc3ccc(C(C)(C)C)cc3)C2=O)cc1OC. The number of nitrogens with zero attached hydrogens (tertiary/aromatic N) is 1. The van der Waals surface area contributed by atoms with Crippen molar-refractivity contribution in [2.24, 2.45) is 0 Å². The molecule has 1 fully saturated rings. The van der Waals surface area contributed by atoms with Gasteiger partial charge in [-0.3, -0.25) is 9.69 Å². The molecule has 2 aromatic carbocycles. The number of hydrogen-bond acceptors (Lipinski definition) is 5. The lowest BCUT2D eigenvalue weighted by Gasteiger charge is -2.23. The minimum Gasteiger partial charge on any atom is -0.494 e. The van der Waals surface area contributed by atoms with E-state index in [9.17, 15) is 9.59 Å². The number of rotatable bonds is 8. The van der Waals surface area contributed by atoms with Crippen LogP contribution >= 0.6 is 0 Å². The van der Waals surface area contributed by atoms with Gasteiger partial charge in [-0.1, -0.05) is 39.0 Å². The van der Waals surface area contributed by atoms with Crippen LogP contribution in [0.4, 0.5) is 4.79 Å². The maximum absolute atomic E-state index is 13.1. The first-order valence-electron chi connectivity index (χ1n) is 10.7. The maximum atomic E-state index is 13.1. The number of hydrogen-bond donors (Lipinski definition) is 1. The van der Waals surface area contributed by atoms with Crippen molar-refractivity contribution in [3.63, 3.8) is 0 Å². The molecule has 1 aliphatic rings. The van der Waals surface area contributed by atoms with Crippen LogP contribution in [0.15, 0.2) is 42.5 Å². The molecule has 0 saturated carbocycles. The number of amides is 3. The first kappa shape index (κ1) is 23.4. The number of carbonyl (C=O) groups is 2. The lowest BCUT2D eigenvalue weighted by Crippen LogP contribution is -2.41. The van der Waals surface area contributed by atoms with E-state index in [1.807, 2.05) is 12.1 Å². The second-order valence-corrected chi connectivity index (χ2v) is 9.06. The molecule has 2 aromatic rings. The van der Waals surface area contributed by atoms with Crippen molar-refractivity contribution in [3.05, 3.63) is 53.6 Å². The summed E-state index contributed by atoms with van der Waals surface area (Å²) < 4.78 is 16.4. The molecule has 1 aliphatic heterocycles. The van der Waals surface area contributed by atoms with E-state index in [-0.39, 0.29) is 17.9 Å². The van der Waals surface area contributed by atoms with E-state index in [1.165, 1.54) is 17.6 Å². The lowest BCUT2D eigenvalue weighted by atomic mass is 9.87. The molecule has 7 nitrogen and oxygen atoms in total. The van der Waals surface area contributed by atoms with E-state index < -0.39 is 11.6 Å². The van der Waals surface area contributed by atoms with Crippen molar-refractivity contribution < 1.29 is 23.8 Å². The molecule has 7 heteroatoms. The molecule has 172 valence electrons. The molecule has 0 aliphatic carbocycles. The highest BCUT2D eigenvalue weighted by Crippen LogP contribution is 2.35. The van der Waals surface area contributed by atoms with Crippen LogP contribution in [-0.4, -0.2) is 44.2 Å². The number of benzene rings is 2. The fourth-order valence-corrected chi connectivity index (χ4v) is 3.71. The minimum atomic E-state index is -1.17. The van der Waals surface area contributed by atoms with Gasteiger partial charge in [0.05, 0.1) is 20.8 Å². The van der Waals surface area contributed by atoms with Crippen LogP contribution in [0.25, 0.3) is 0 Å². The number of nitrogens with one attached hydrogen (secondary N) is 1. The largest absolute Gasteiger partial charge is 0.494 e. The van der Waals surface area contributed by atoms with Crippen LogP contribution in [0.5, 0.6) is 17.2 Å². The topological polar surface area (TPSA) is 77.1 Å². The van der Waals surface area contributed by atoms with Crippen molar-refractivity contribution >= 4 is 11.9 Å². The molecule has 32 heavy (non-hydrogen) atoms. The molecule has 0 aromatic heterocycles. The Kier molecular flexibility index (Phi) is 6.67. The Morgan fingerprint density at radius 1 is 0.969 bits per heavy atom. The molecule has 1 unspecified atom stereocenters. The Bertz CT molecular complexity index is 981. The van der Waals surface area contributed by atoms with Gasteiger partial charge < -0.3 is 19.5 Å². The molecule has 0 bridgehead atoms. The molecular weight excluding hydrogens is 408 g/mol. The van der Waals surface area contributed by atoms with E-state index in [0.29, 0.717) is 30.1 Å². The summed E-state index contributed by atoms with van der Waals surface area (Å²) >= 11 is 0. The first-order chi connectivity index (χ1) is 15.1. The summed E-state index contributed by atoms with van der Waals surface area (Å²) in [5.41, 5.74) is 0.785. The third-order valence-corrected chi connectivity index (χ3v) is 5.75. The standard InChI is InChI=1S/C25H32N2O5/c1-24(2,3)17-8-11-19(12-9-17)32-15-7-14-27-22(28)25(4,26-23(27)29)18-10-13-20(30-5)21(16-18)31-6/h8-13,16H,7,14-15H2,1-6H3,(H,26,29). The van der Waals surface area contributed by atoms with Crippen molar-refractivity contribution in [2.45, 2.75) is 45.1 Å². The summed E-state index contributed by atoms with van der Waals surface area (Å²) in [6.45, 7) is 8.86. The lowest BCUT2D eigenvalue weighted by molar-refractivity contribution is -0.131. The quantitative estimate of drug-likeness (QED) is 0.491. The second kappa shape index (κ2) is 9.10. The molecule has 1 atom stereocenters. The molecule has 0 radical (unpaired) electrons. The van der Waals surface area contributed by atoms with Gasteiger partial charge in [-0.25, -0.2) is 4.79 Å². The fourth-order valence-electron chi connectivity index (χ4n) is 3.71. The highest BCUT2D eigenvalue weighted by molar-refractivity contribution is 6.07. The van der Waals surface area contributed by atoms with Crippen LogP contribution < -0.4 is 19.5 Å². The first-order valence-corrected chi connectivity index (χ1v) is 10.7. The number of urea groups is 1.